The summed E-state index contributed by atoms with van der Waals surface area (Å²) in [6.45, 7) is 3.56. The second-order valence-electron chi connectivity index (χ2n) is 5.95. The first-order chi connectivity index (χ1) is 11.9. The Hall–Kier alpha value is -2.61. The number of carbonyl (C=O) groups excluding carboxylic acids is 1. The summed E-state index contributed by atoms with van der Waals surface area (Å²) in [4.78, 5) is 28.2. The summed E-state index contributed by atoms with van der Waals surface area (Å²) >= 11 is 1.31. The van der Waals surface area contributed by atoms with Crippen LogP contribution in [0.5, 0.6) is 11.5 Å². The van der Waals surface area contributed by atoms with E-state index in [1.165, 1.54) is 18.3 Å². The molecule has 1 aliphatic rings. The van der Waals surface area contributed by atoms with Crippen LogP contribution in [0.2, 0.25) is 0 Å². The van der Waals surface area contributed by atoms with Crippen molar-refractivity contribution in [3.05, 3.63) is 29.3 Å². The van der Waals surface area contributed by atoms with Crippen LogP contribution in [0.15, 0.2) is 23.6 Å². The van der Waals surface area contributed by atoms with E-state index in [2.05, 4.69) is 10.3 Å². The lowest BCUT2D eigenvalue weighted by Gasteiger charge is -2.25. The van der Waals surface area contributed by atoms with Crippen molar-refractivity contribution in [3.8, 4) is 22.1 Å². The highest BCUT2D eigenvalue weighted by molar-refractivity contribution is 7.13. The van der Waals surface area contributed by atoms with E-state index in [0.29, 0.717) is 29.3 Å². The highest BCUT2D eigenvalue weighted by Gasteiger charge is 2.34. The van der Waals surface area contributed by atoms with Gasteiger partial charge in [0.15, 0.2) is 11.5 Å². The zero-order valence-electron chi connectivity index (χ0n) is 13.9. The molecule has 8 heteroatoms. The van der Waals surface area contributed by atoms with E-state index >= 15 is 0 Å². The number of benzene rings is 1. The van der Waals surface area contributed by atoms with Crippen LogP contribution in [0, 0.1) is 0 Å². The number of amides is 1. The van der Waals surface area contributed by atoms with Crippen molar-refractivity contribution in [2.24, 2.45) is 0 Å². The summed E-state index contributed by atoms with van der Waals surface area (Å²) in [5.41, 5.74) is -0.307. The van der Waals surface area contributed by atoms with Crippen LogP contribution in [-0.2, 0) is 4.79 Å². The van der Waals surface area contributed by atoms with Gasteiger partial charge in [0.2, 0.25) is 6.79 Å². The molecule has 0 aliphatic carbocycles. The molecule has 0 bridgehead atoms. The number of hydrogen-bond acceptors (Lipinski definition) is 6. The van der Waals surface area contributed by atoms with Crippen LogP contribution in [0.1, 0.15) is 37.2 Å². The molecular weight excluding hydrogens is 344 g/mol. The zero-order chi connectivity index (χ0) is 18.0. The predicted molar refractivity (Wildman–Crippen MR) is 92.1 cm³/mol. The Balaban J connectivity index is 1.79. The molecule has 1 aromatic heterocycles. The standard InChI is InChI=1S/C17H18N2O5S/c1-3-6-17(2,16(21)22)19-14(20)11-8-25-15(18-11)10-4-5-12-13(7-10)24-9-23-12/h4-5,7-8H,3,6,9H2,1-2H3,(H,19,20)(H,21,22). The Morgan fingerprint density at radius 3 is 2.84 bits per heavy atom. The maximum atomic E-state index is 12.4. The lowest BCUT2D eigenvalue weighted by molar-refractivity contribution is -0.144. The third-order valence-electron chi connectivity index (χ3n) is 3.97. The van der Waals surface area contributed by atoms with Crippen LogP contribution >= 0.6 is 11.3 Å². The van der Waals surface area contributed by atoms with E-state index < -0.39 is 17.4 Å². The summed E-state index contributed by atoms with van der Waals surface area (Å²) in [7, 11) is 0. The predicted octanol–water partition coefficient (Wildman–Crippen LogP) is 2.91. The molecule has 1 atom stereocenters. The number of aliphatic carboxylic acids is 1. The molecule has 2 aromatic rings. The maximum absolute atomic E-state index is 12.4. The van der Waals surface area contributed by atoms with Gasteiger partial charge in [0.1, 0.15) is 16.2 Å². The summed E-state index contributed by atoms with van der Waals surface area (Å²) < 4.78 is 10.6. The topological polar surface area (TPSA) is 97.8 Å². The Bertz CT molecular complexity index is 819. The third kappa shape index (κ3) is 3.43. The summed E-state index contributed by atoms with van der Waals surface area (Å²) in [6.07, 6.45) is 0.982. The van der Waals surface area contributed by atoms with Crippen molar-refractivity contribution in [1.82, 2.24) is 10.3 Å². The molecule has 25 heavy (non-hydrogen) atoms. The van der Waals surface area contributed by atoms with E-state index in [4.69, 9.17) is 9.47 Å². The minimum Gasteiger partial charge on any atom is -0.480 e. The lowest BCUT2D eigenvalue weighted by atomic mass is 9.96. The lowest BCUT2D eigenvalue weighted by Crippen LogP contribution is -2.52. The van der Waals surface area contributed by atoms with Crippen LogP contribution in [0.3, 0.4) is 0 Å². The molecule has 0 fully saturated rings. The molecular formula is C17H18N2O5S. The van der Waals surface area contributed by atoms with Gasteiger partial charge in [0, 0.05) is 10.9 Å². The number of nitrogens with zero attached hydrogens (tertiary/aromatic N) is 1. The number of carbonyl (C=O) groups is 2. The van der Waals surface area contributed by atoms with Crippen molar-refractivity contribution < 1.29 is 24.2 Å². The number of fused-ring (bicyclic) bond motifs is 1. The molecule has 2 N–H and O–H groups in total. The van der Waals surface area contributed by atoms with Crippen LogP contribution in [0.4, 0.5) is 0 Å². The van der Waals surface area contributed by atoms with Crippen molar-refractivity contribution in [1.29, 1.82) is 0 Å². The number of nitrogens with one attached hydrogen (secondary N) is 1. The average molecular weight is 362 g/mol. The van der Waals surface area contributed by atoms with Gasteiger partial charge >= 0.3 is 5.97 Å². The monoisotopic (exact) mass is 362 g/mol. The summed E-state index contributed by atoms with van der Waals surface area (Å²) in [5, 5.41) is 14.2. The first-order valence-corrected chi connectivity index (χ1v) is 8.72. The highest BCUT2D eigenvalue weighted by Crippen LogP contribution is 2.36. The number of ether oxygens (including phenoxy) is 2. The Morgan fingerprint density at radius 1 is 1.36 bits per heavy atom. The zero-order valence-corrected chi connectivity index (χ0v) is 14.7. The average Bonchev–Trinajstić information content (AvgIpc) is 3.23. The SMILES string of the molecule is CCCC(C)(NC(=O)c1csc(-c2ccc3c(c2)OCO3)n1)C(=O)O. The number of carboxylic acid groups (broad SMARTS) is 1. The Labute approximate surface area is 148 Å². The quantitative estimate of drug-likeness (QED) is 0.820. The van der Waals surface area contributed by atoms with E-state index in [1.54, 1.807) is 17.5 Å². The molecule has 0 saturated carbocycles. The number of carboxylic acids is 1. The molecule has 132 valence electrons. The van der Waals surface area contributed by atoms with Gasteiger partial charge in [-0.3, -0.25) is 4.79 Å². The fraction of sp³-hybridized carbons (Fsp3) is 0.353. The summed E-state index contributed by atoms with van der Waals surface area (Å²) in [6, 6.07) is 5.44. The summed E-state index contributed by atoms with van der Waals surface area (Å²) in [5.74, 6) is -0.245. The smallest absolute Gasteiger partial charge is 0.329 e. The van der Waals surface area contributed by atoms with E-state index in [-0.39, 0.29) is 12.5 Å². The molecule has 0 radical (unpaired) electrons. The van der Waals surface area contributed by atoms with Gasteiger partial charge in [-0.1, -0.05) is 13.3 Å². The first kappa shape index (κ1) is 17.2. The van der Waals surface area contributed by atoms with Gasteiger partial charge < -0.3 is 19.9 Å². The van der Waals surface area contributed by atoms with Gasteiger partial charge in [-0.15, -0.1) is 11.3 Å². The second-order valence-corrected chi connectivity index (χ2v) is 6.81. The van der Waals surface area contributed by atoms with Crippen molar-refractivity contribution >= 4 is 23.2 Å². The number of hydrogen-bond donors (Lipinski definition) is 2. The minimum absolute atomic E-state index is 0.190. The fourth-order valence-corrected chi connectivity index (χ4v) is 3.37. The van der Waals surface area contributed by atoms with Crippen LogP contribution < -0.4 is 14.8 Å². The van der Waals surface area contributed by atoms with E-state index in [0.717, 1.165) is 5.56 Å². The molecule has 1 aromatic carbocycles. The van der Waals surface area contributed by atoms with Gasteiger partial charge in [0.25, 0.3) is 5.91 Å². The van der Waals surface area contributed by atoms with Crippen LogP contribution in [0.25, 0.3) is 10.6 Å². The Morgan fingerprint density at radius 2 is 2.12 bits per heavy atom. The maximum Gasteiger partial charge on any atom is 0.329 e. The molecule has 0 saturated heterocycles. The molecule has 3 rings (SSSR count). The van der Waals surface area contributed by atoms with Gasteiger partial charge in [0.05, 0.1) is 0 Å². The van der Waals surface area contributed by atoms with Crippen molar-refractivity contribution in [2.45, 2.75) is 32.2 Å². The largest absolute Gasteiger partial charge is 0.480 e. The van der Waals surface area contributed by atoms with Crippen molar-refractivity contribution in [2.75, 3.05) is 6.79 Å². The molecule has 1 aliphatic heterocycles. The normalized spacial score (nSPS) is 14.8. The second kappa shape index (κ2) is 6.72. The molecule has 1 unspecified atom stereocenters. The first-order valence-electron chi connectivity index (χ1n) is 7.84. The number of thiazole rings is 1. The molecule has 7 nitrogen and oxygen atoms in total. The number of aromatic nitrogens is 1. The minimum atomic E-state index is -1.31. The molecule has 2 heterocycles. The van der Waals surface area contributed by atoms with Gasteiger partial charge in [-0.25, -0.2) is 9.78 Å². The molecule has 1 amide bonds. The van der Waals surface area contributed by atoms with Gasteiger partial charge in [-0.05, 0) is 31.5 Å². The highest BCUT2D eigenvalue weighted by atomic mass is 32.1. The fourth-order valence-electron chi connectivity index (χ4n) is 2.58. The number of rotatable bonds is 6. The Kier molecular flexibility index (Phi) is 4.63. The van der Waals surface area contributed by atoms with E-state index in [9.17, 15) is 14.7 Å². The van der Waals surface area contributed by atoms with E-state index in [1.807, 2.05) is 13.0 Å². The van der Waals surface area contributed by atoms with Crippen molar-refractivity contribution in [3.63, 3.8) is 0 Å². The third-order valence-corrected chi connectivity index (χ3v) is 4.86. The van der Waals surface area contributed by atoms with Crippen LogP contribution in [-0.4, -0.2) is 34.3 Å². The van der Waals surface area contributed by atoms with Gasteiger partial charge in [-0.2, -0.15) is 0 Å². The molecule has 0 spiro atoms.